The Hall–Kier alpha value is -0.820. The molecule has 0 saturated heterocycles. The van der Waals surface area contributed by atoms with E-state index in [1.54, 1.807) is 0 Å². The van der Waals surface area contributed by atoms with Crippen molar-refractivity contribution in [3.63, 3.8) is 0 Å². The molecule has 1 aliphatic carbocycles. The molecule has 1 atom stereocenters. The second kappa shape index (κ2) is 5.32. The lowest BCUT2D eigenvalue weighted by molar-refractivity contribution is 0.430. The molecular formula is C14H21N. The molecule has 1 aromatic carbocycles. The molecule has 0 spiro atoms. The topological polar surface area (TPSA) is 12.0 Å². The molecule has 0 amide bonds. The minimum atomic E-state index is 0.759. The predicted octanol–water partition coefficient (Wildman–Crippen LogP) is 3.35. The first-order valence-electron chi connectivity index (χ1n) is 6.17. The van der Waals surface area contributed by atoms with Gasteiger partial charge in [0.25, 0.3) is 0 Å². The highest BCUT2D eigenvalue weighted by Gasteiger charge is 2.29. The normalized spacial score (nSPS) is 17.7. The van der Waals surface area contributed by atoms with Crippen molar-refractivity contribution in [1.82, 2.24) is 5.32 Å². The van der Waals surface area contributed by atoms with Crippen molar-refractivity contribution in [2.75, 3.05) is 0 Å². The Labute approximate surface area is 92.9 Å². The summed E-state index contributed by atoms with van der Waals surface area (Å²) in [5, 5.41) is 3.70. The van der Waals surface area contributed by atoms with E-state index in [-0.39, 0.29) is 0 Å². The number of rotatable bonds is 6. The largest absolute Gasteiger partial charge is 0.310 e. The molecule has 2 rings (SSSR count). The Morgan fingerprint density at radius 3 is 2.60 bits per heavy atom. The molecule has 0 aliphatic heterocycles. The van der Waals surface area contributed by atoms with E-state index in [9.17, 15) is 0 Å². The standard InChI is InChI=1S/C14H21N/c1-2-6-14(13-9-10-13)15-11-12-7-4-3-5-8-12/h3-5,7-8,13-15H,2,6,9-11H2,1H3. The Bertz CT molecular complexity index is 277. The fourth-order valence-electron chi connectivity index (χ4n) is 2.16. The van der Waals surface area contributed by atoms with Crippen molar-refractivity contribution in [3.05, 3.63) is 35.9 Å². The lowest BCUT2D eigenvalue weighted by Crippen LogP contribution is -2.30. The summed E-state index contributed by atoms with van der Waals surface area (Å²) in [5.74, 6) is 0.966. The molecule has 1 unspecified atom stereocenters. The molecule has 1 N–H and O–H groups in total. The summed E-state index contributed by atoms with van der Waals surface area (Å²) in [6.07, 6.45) is 5.50. The molecule has 1 saturated carbocycles. The Kier molecular flexibility index (Phi) is 3.79. The van der Waals surface area contributed by atoms with Gasteiger partial charge in [0.05, 0.1) is 0 Å². The maximum absolute atomic E-state index is 3.70. The first kappa shape index (κ1) is 10.7. The van der Waals surface area contributed by atoms with Crippen LogP contribution in [0.3, 0.4) is 0 Å². The summed E-state index contributed by atoms with van der Waals surface area (Å²) in [6.45, 7) is 3.31. The summed E-state index contributed by atoms with van der Waals surface area (Å²) in [4.78, 5) is 0. The molecule has 0 aromatic heterocycles. The molecule has 1 nitrogen and oxygen atoms in total. The van der Waals surface area contributed by atoms with E-state index in [4.69, 9.17) is 0 Å². The molecule has 0 radical (unpaired) electrons. The van der Waals surface area contributed by atoms with Gasteiger partial charge >= 0.3 is 0 Å². The lowest BCUT2D eigenvalue weighted by Gasteiger charge is -2.17. The third-order valence-corrected chi connectivity index (χ3v) is 3.20. The molecule has 0 bridgehead atoms. The molecule has 1 aliphatic rings. The van der Waals surface area contributed by atoms with E-state index >= 15 is 0 Å². The van der Waals surface area contributed by atoms with Crippen LogP contribution >= 0.6 is 0 Å². The van der Waals surface area contributed by atoms with Gasteiger partial charge in [0.1, 0.15) is 0 Å². The minimum absolute atomic E-state index is 0.759. The Morgan fingerprint density at radius 2 is 2.00 bits per heavy atom. The zero-order chi connectivity index (χ0) is 10.5. The zero-order valence-electron chi connectivity index (χ0n) is 9.58. The van der Waals surface area contributed by atoms with Crippen molar-refractivity contribution >= 4 is 0 Å². The summed E-state index contributed by atoms with van der Waals surface area (Å²) in [5.41, 5.74) is 1.40. The van der Waals surface area contributed by atoms with Gasteiger partial charge < -0.3 is 5.32 Å². The monoisotopic (exact) mass is 203 g/mol. The van der Waals surface area contributed by atoms with Crippen molar-refractivity contribution < 1.29 is 0 Å². The SMILES string of the molecule is CCCC(NCc1ccccc1)C1CC1. The van der Waals surface area contributed by atoms with Crippen LogP contribution in [-0.2, 0) is 6.54 Å². The molecule has 1 heteroatoms. The van der Waals surface area contributed by atoms with Gasteiger partial charge in [0, 0.05) is 12.6 Å². The first-order chi connectivity index (χ1) is 7.40. The third kappa shape index (κ3) is 3.35. The van der Waals surface area contributed by atoms with Gasteiger partial charge in [0.2, 0.25) is 0 Å². The highest BCUT2D eigenvalue weighted by atomic mass is 14.9. The number of hydrogen-bond donors (Lipinski definition) is 1. The summed E-state index contributed by atoms with van der Waals surface area (Å²) >= 11 is 0. The first-order valence-corrected chi connectivity index (χ1v) is 6.17. The van der Waals surface area contributed by atoms with E-state index in [0.717, 1.165) is 18.5 Å². The smallest absolute Gasteiger partial charge is 0.0208 e. The van der Waals surface area contributed by atoms with Gasteiger partial charge in [-0.2, -0.15) is 0 Å². The zero-order valence-corrected chi connectivity index (χ0v) is 9.58. The van der Waals surface area contributed by atoms with Crippen LogP contribution in [0, 0.1) is 5.92 Å². The van der Waals surface area contributed by atoms with Gasteiger partial charge in [-0.05, 0) is 30.7 Å². The van der Waals surface area contributed by atoms with E-state index in [0.29, 0.717) is 0 Å². The van der Waals surface area contributed by atoms with Gasteiger partial charge in [-0.3, -0.25) is 0 Å². The van der Waals surface area contributed by atoms with Crippen LogP contribution < -0.4 is 5.32 Å². The summed E-state index contributed by atoms with van der Waals surface area (Å²) in [6, 6.07) is 11.5. The van der Waals surface area contributed by atoms with Crippen LogP contribution in [-0.4, -0.2) is 6.04 Å². The minimum Gasteiger partial charge on any atom is -0.310 e. The van der Waals surface area contributed by atoms with Crippen LogP contribution in [0.15, 0.2) is 30.3 Å². The second-order valence-corrected chi connectivity index (χ2v) is 4.60. The average molecular weight is 203 g/mol. The molecule has 15 heavy (non-hydrogen) atoms. The number of nitrogens with one attached hydrogen (secondary N) is 1. The lowest BCUT2D eigenvalue weighted by atomic mass is 10.1. The van der Waals surface area contributed by atoms with Crippen molar-refractivity contribution in [1.29, 1.82) is 0 Å². The van der Waals surface area contributed by atoms with Crippen molar-refractivity contribution in [2.45, 2.75) is 45.2 Å². The van der Waals surface area contributed by atoms with Crippen LogP contribution in [0.2, 0.25) is 0 Å². The van der Waals surface area contributed by atoms with Gasteiger partial charge in [-0.15, -0.1) is 0 Å². The van der Waals surface area contributed by atoms with Crippen molar-refractivity contribution in [2.24, 2.45) is 5.92 Å². The Balaban J connectivity index is 1.80. The predicted molar refractivity (Wildman–Crippen MR) is 64.7 cm³/mol. The van der Waals surface area contributed by atoms with Crippen LogP contribution in [0.1, 0.15) is 38.2 Å². The van der Waals surface area contributed by atoms with Crippen LogP contribution in [0.5, 0.6) is 0 Å². The quantitative estimate of drug-likeness (QED) is 0.747. The molecule has 0 heterocycles. The van der Waals surface area contributed by atoms with Gasteiger partial charge in [0.15, 0.2) is 0 Å². The van der Waals surface area contributed by atoms with E-state index < -0.39 is 0 Å². The Morgan fingerprint density at radius 1 is 1.27 bits per heavy atom. The van der Waals surface area contributed by atoms with E-state index in [1.807, 2.05) is 0 Å². The van der Waals surface area contributed by atoms with Gasteiger partial charge in [-0.25, -0.2) is 0 Å². The highest BCUT2D eigenvalue weighted by molar-refractivity contribution is 5.14. The van der Waals surface area contributed by atoms with Crippen molar-refractivity contribution in [3.8, 4) is 0 Å². The number of benzene rings is 1. The second-order valence-electron chi connectivity index (χ2n) is 4.60. The fraction of sp³-hybridized carbons (Fsp3) is 0.571. The fourth-order valence-corrected chi connectivity index (χ4v) is 2.16. The van der Waals surface area contributed by atoms with Crippen LogP contribution in [0.25, 0.3) is 0 Å². The maximum atomic E-state index is 3.70. The molecular weight excluding hydrogens is 182 g/mol. The van der Waals surface area contributed by atoms with Gasteiger partial charge in [-0.1, -0.05) is 43.7 Å². The van der Waals surface area contributed by atoms with E-state index in [1.165, 1.54) is 31.2 Å². The third-order valence-electron chi connectivity index (χ3n) is 3.20. The van der Waals surface area contributed by atoms with E-state index in [2.05, 4.69) is 42.6 Å². The van der Waals surface area contributed by atoms with Crippen LogP contribution in [0.4, 0.5) is 0 Å². The molecule has 1 fully saturated rings. The maximum Gasteiger partial charge on any atom is 0.0208 e. The highest BCUT2D eigenvalue weighted by Crippen LogP contribution is 2.34. The average Bonchev–Trinajstić information content (AvgIpc) is 3.09. The molecule has 82 valence electrons. The summed E-state index contributed by atoms with van der Waals surface area (Å²) < 4.78 is 0. The summed E-state index contributed by atoms with van der Waals surface area (Å²) in [7, 11) is 0. The molecule has 1 aromatic rings. The number of hydrogen-bond acceptors (Lipinski definition) is 1.